The number of nitrogens with zero attached hydrogens (tertiary/aromatic N) is 4. The number of nitrogen functional groups attached to an aromatic ring is 1. The Labute approximate surface area is 239 Å². The van der Waals surface area contributed by atoms with Gasteiger partial charge in [0.2, 0.25) is 0 Å². The Kier molecular flexibility index (Phi) is 11.5. The van der Waals surface area contributed by atoms with Gasteiger partial charge in [-0.05, 0) is 57.6 Å². The van der Waals surface area contributed by atoms with E-state index in [0.29, 0.717) is 15.4 Å². The number of carbonyl (C=O) groups excluding carboxylic acids is 2. The van der Waals surface area contributed by atoms with Crippen LogP contribution in [0.15, 0.2) is 34.1 Å². The number of nitriles is 2. The summed E-state index contributed by atoms with van der Waals surface area (Å²) >= 11 is 1.71. The normalized spacial score (nSPS) is 10.7. The molecule has 0 aromatic heterocycles. The maximum absolute atomic E-state index is 11.6. The summed E-state index contributed by atoms with van der Waals surface area (Å²) in [6, 6.07) is 5.56. The minimum absolute atomic E-state index is 0.127. The third-order valence-corrected chi connectivity index (χ3v) is 6.46. The van der Waals surface area contributed by atoms with E-state index >= 15 is 0 Å². The number of methoxy groups -OCH3 is 1. The van der Waals surface area contributed by atoms with E-state index in [1.165, 1.54) is 18.2 Å². The van der Waals surface area contributed by atoms with Crippen molar-refractivity contribution in [1.82, 2.24) is 0 Å². The number of hydrogen-bond donors (Lipinski definition) is 2. The number of thioether (sulfide) groups is 2. The minimum atomic E-state index is -1.16. The van der Waals surface area contributed by atoms with E-state index in [2.05, 4.69) is 10.1 Å². The largest absolute Gasteiger partial charge is 0.462 e. The van der Waals surface area contributed by atoms with Gasteiger partial charge in [-0.3, -0.25) is 25.0 Å². The molecule has 0 fully saturated rings. The van der Waals surface area contributed by atoms with Crippen LogP contribution in [0.1, 0.15) is 52.7 Å². The zero-order valence-corrected chi connectivity index (χ0v) is 24.5. The van der Waals surface area contributed by atoms with Crippen LogP contribution in [0.5, 0.6) is 0 Å². The van der Waals surface area contributed by atoms with Crippen molar-refractivity contribution in [2.45, 2.75) is 62.2 Å². The molecule has 3 N–H and O–H groups in total. The predicted molar refractivity (Wildman–Crippen MR) is 152 cm³/mol. The smallest absolute Gasteiger partial charge is 0.396 e. The van der Waals surface area contributed by atoms with Gasteiger partial charge in [0.1, 0.15) is 22.2 Å². The number of anilines is 2. The lowest BCUT2D eigenvalue weighted by Gasteiger charge is -2.22. The summed E-state index contributed by atoms with van der Waals surface area (Å²) < 4.78 is 4.28. The number of nitrogens with two attached hydrogens (primary N) is 1. The number of esters is 1. The Hall–Kier alpha value is -4.34. The lowest BCUT2D eigenvalue weighted by molar-refractivity contribution is -0.384. The second-order valence-corrected chi connectivity index (χ2v) is 11.8. The molecule has 0 unspecified atom stereocenters. The molecule has 40 heavy (non-hydrogen) atoms. The first-order chi connectivity index (χ1) is 18.4. The molecule has 212 valence electrons. The Morgan fingerprint density at radius 3 is 1.68 bits per heavy atom. The van der Waals surface area contributed by atoms with E-state index < -0.39 is 32.8 Å². The fourth-order valence-electron chi connectivity index (χ4n) is 3.27. The molecular formula is C25H28N6O7S2. The SMILES string of the molecule is CC(C)(C)c1cc(N)c([N+](=O)[O-])cc1SC#N.COC(=O)C(=O)Nc1cc(C(C)(C)C)c(SC#N)cc1[N+](=O)[O-]. The molecule has 2 aromatic rings. The number of nitrogens with one attached hydrogen (secondary N) is 1. The van der Waals surface area contributed by atoms with Crippen LogP contribution in [0.2, 0.25) is 0 Å². The van der Waals surface area contributed by atoms with E-state index in [-0.39, 0.29) is 22.5 Å². The molecular weight excluding hydrogens is 560 g/mol. The van der Waals surface area contributed by atoms with Crippen molar-refractivity contribution in [3.8, 4) is 10.8 Å². The molecule has 2 aromatic carbocycles. The van der Waals surface area contributed by atoms with Gasteiger partial charge in [-0.2, -0.15) is 10.5 Å². The molecule has 2 rings (SSSR count). The average molecular weight is 589 g/mol. The summed E-state index contributed by atoms with van der Waals surface area (Å²) in [7, 11) is 1.03. The zero-order chi connectivity index (χ0) is 31.0. The van der Waals surface area contributed by atoms with Crippen LogP contribution in [0, 0.1) is 41.6 Å². The molecule has 0 aliphatic rings. The Bertz CT molecular complexity index is 1420. The molecule has 0 aliphatic heterocycles. The molecule has 0 spiro atoms. The van der Waals surface area contributed by atoms with E-state index in [1.54, 1.807) is 6.07 Å². The van der Waals surface area contributed by atoms with Crippen LogP contribution < -0.4 is 11.1 Å². The monoisotopic (exact) mass is 588 g/mol. The molecule has 0 aliphatic carbocycles. The number of thiocyanates is 2. The second-order valence-electron chi connectivity index (χ2n) is 10.1. The predicted octanol–water partition coefficient (Wildman–Crippen LogP) is 5.62. The highest BCUT2D eigenvalue weighted by atomic mass is 32.2. The van der Waals surface area contributed by atoms with Gasteiger partial charge in [0.15, 0.2) is 0 Å². The van der Waals surface area contributed by atoms with Crippen LogP contribution >= 0.6 is 23.5 Å². The average Bonchev–Trinajstić information content (AvgIpc) is 2.84. The lowest BCUT2D eigenvalue weighted by Crippen LogP contribution is -2.25. The van der Waals surface area contributed by atoms with Gasteiger partial charge in [0.05, 0.1) is 17.0 Å². The first-order valence-electron chi connectivity index (χ1n) is 11.3. The third-order valence-electron chi connectivity index (χ3n) is 5.17. The van der Waals surface area contributed by atoms with Crippen molar-refractivity contribution in [1.29, 1.82) is 10.5 Å². The molecule has 13 nitrogen and oxygen atoms in total. The van der Waals surface area contributed by atoms with Crippen LogP contribution in [-0.4, -0.2) is 28.8 Å². The quantitative estimate of drug-likeness (QED) is 0.0827. The number of benzene rings is 2. The van der Waals surface area contributed by atoms with Crippen LogP contribution in [-0.2, 0) is 25.2 Å². The van der Waals surface area contributed by atoms with E-state index in [1.807, 2.05) is 52.3 Å². The summed E-state index contributed by atoms with van der Waals surface area (Å²) in [6.45, 7) is 11.5. The molecule has 0 bridgehead atoms. The lowest BCUT2D eigenvalue weighted by atomic mass is 9.86. The van der Waals surface area contributed by atoms with Gasteiger partial charge in [0.25, 0.3) is 11.4 Å². The minimum Gasteiger partial charge on any atom is -0.462 e. The van der Waals surface area contributed by atoms with Crippen LogP contribution in [0.4, 0.5) is 22.7 Å². The Balaban J connectivity index is 0.000000418. The highest BCUT2D eigenvalue weighted by Gasteiger charge is 2.27. The van der Waals surface area contributed by atoms with Gasteiger partial charge >= 0.3 is 11.9 Å². The fourth-order valence-corrected chi connectivity index (χ4v) is 4.76. The van der Waals surface area contributed by atoms with Crippen molar-refractivity contribution in [2.24, 2.45) is 0 Å². The summed E-state index contributed by atoms with van der Waals surface area (Å²) in [5, 5.41) is 45.6. The first-order valence-corrected chi connectivity index (χ1v) is 12.9. The van der Waals surface area contributed by atoms with Gasteiger partial charge < -0.3 is 15.8 Å². The number of hydrogen-bond acceptors (Lipinski definition) is 12. The molecule has 0 saturated heterocycles. The van der Waals surface area contributed by atoms with Crippen molar-refractivity contribution >= 4 is 58.1 Å². The van der Waals surface area contributed by atoms with Crippen molar-refractivity contribution < 1.29 is 24.2 Å². The van der Waals surface area contributed by atoms with Crippen molar-refractivity contribution in [3.05, 3.63) is 55.6 Å². The maximum atomic E-state index is 11.6. The third kappa shape index (κ3) is 8.86. The second kappa shape index (κ2) is 13.6. The fraction of sp³-hybridized carbons (Fsp3) is 0.360. The number of carbonyl (C=O) groups is 2. The van der Waals surface area contributed by atoms with E-state index in [9.17, 15) is 29.8 Å². The summed E-state index contributed by atoms with van der Waals surface area (Å²) in [5.41, 5.74) is 5.91. The molecule has 0 radical (unpaired) electrons. The number of amides is 1. The molecule has 1 amide bonds. The number of nitro groups is 2. The molecule has 0 saturated carbocycles. The van der Waals surface area contributed by atoms with Gasteiger partial charge in [-0.25, -0.2) is 4.79 Å². The van der Waals surface area contributed by atoms with Gasteiger partial charge in [-0.1, -0.05) is 41.5 Å². The van der Waals surface area contributed by atoms with E-state index in [4.69, 9.17) is 16.3 Å². The topological polar surface area (TPSA) is 215 Å². The van der Waals surface area contributed by atoms with Crippen LogP contribution in [0.3, 0.4) is 0 Å². The van der Waals surface area contributed by atoms with E-state index in [0.717, 1.165) is 36.2 Å². The van der Waals surface area contributed by atoms with Gasteiger partial charge in [-0.15, -0.1) is 0 Å². The zero-order valence-electron chi connectivity index (χ0n) is 22.8. The molecule has 0 atom stereocenters. The summed E-state index contributed by atoms with van der Waals surface area (Å²) in [6.07, 6.45) is 0. The number of rotatable bonds is 5. The van der Waals surface area contributed by atoms with Crippen LogP contribution in [0.25, 0.3) is 0 Å². The Morgan fingerprint density at radius 2 is 1.30 bits per heavy atom. The number of ether oxygens (including phenoxy) is 1. The molecule has 15 heteroatoms. The first kappa shape index (κ1) is 33.7. The Morgan fingerprint density at radius 1 is 0.875 bits per heavy atom. The highest BCUT2D eigenvalue weighted by molar-refractivity contribution is 8.04. The van der Waals surface area contributed by atoms with Gasteiger partial charge in [0, 0.05) is 21.9 Å². The molecule has 0 heterocycles. The van der Waals surface area contributed by atoms with Crippen molar-refractivity contribution in [2.75, 3.05) is 18.2 Å². The summed E-state index contributed by atoms with van der Waals surface area (Å²) in [4.78, 5) is 44.6. The maximum Gasteiger partial charge on any atom is 0.396 e. The highest BCUT2D eigenvalue weighted by Crippen LogP contribution is 2.40. The standard InChI is InChI=1S/C14H15N3O5S.C11H13N3O2S/c1-14(2,3)8-5-9(16-12(18)13(19)22-4)10(17(20)21)6-11(8)23-7-15;1-11(2,3)7-4-8(13)9(14(15)16)5-10(7)17-6-12/h5-6H,1-4H3,(H,16,18);4-5H,13H2,1-3H3. The number of nitro benzene ring substituents is 2. The van der Waals surface area contributed by atoms with Crippen molar-refractivity contribution in [3.63, 3.8) is 0 Å². The summed E-state index contributed by atoms with van der Waals surface area (Å²) in [5.74, 6) is -2.27.